The monoisotopic (exact) mass is 374 g/mol. The molecule has 26 heavy (non-hydrogen) atoms. The maximum Gasteiger partial charge on any atom is 0.233 e. The number of nitrogens with zero attached hydrogens (tertiary/aromatic N) is 4. The highest BCUT2D eigenvalue weighted by atomic mass is 32.2. The molecule has 0 atom stereocenters. The summed E-state index contributed by atoms with van der Waals surface area (Å²) in [4.78, 5) is 21.0. The minimum atomic E-state index is 0.181. The minimum absolute atomic E-state index is 0.181. The first-order valence-electron chi connectivity index (χ1n) is 8.68. The van der Waals surface area contributed by atoms with Crippen LogP contribution in [-0.2, 0) is 18.4 Å². The lowest BCUT2D eigenvalue weighted by Crippen LogP contribution is -2.48. The van der Waals surface area contributed by atoms with Crippen molar-refractivity contribution < 1.29 is 14.3 Å². The van der Waals surface area contributed by atoms with E-state index in [0.717, 1.165) is 49.4 Å². The summed E-state index contributed by atoms with van der Waals surface area (Å²) < 4.78 is 12.7. The zero-order valence-corrected chi connectivity index (χ0v) is 15.6. The number of benzene rings is 1. The Bertz CT molecular complexity index is 786. The van der Waals surface area contributed by atoms with Gasteiger partial charge in [-0.25, -0.2) is 4.98 Å². The molecule has 2 aliphatic heterocycles. The summed E-state index contributed by atoms with van der Waals surface area (Å²) in [6.45, 7) is 4.46. The van der Waals surface area contributed by atoms with Gasteiger partial charge in [0, 0.05) is 52.2 Å². The first kappa shape index (κ1) is 17.2. The number of thioether (sulfide) groups is 1. The van der Waals surface area contributed by atoms with E-state index in [1.54, 1.807) is 6.20 Å². The number of piperazine rings is 1. The largest absolute Gasteiger partial charge is 0.454 e. The number of amides is 1. The van der Waals surface area contributed by atoms with Crippen molar-refractivity contribution in [2.24, 2.45) is 7.05 Å². The first-order chi connectivity index (χ1) is 12.7. The fraction of sp³-hybridized carbons (Fsp3) is 0.444. The van der Waals surface area contributed by atoms with Crippen LogP contribution in [-0.4, -0.2) is 64.0 Å². The van der Waals surface area contributed by atoms with Gasteiger partial charge >= 0.3 is 0 Å². The van der Waals surface area contributed by atoms with Gasteiger partial charge in [-0.1, -0.05) is 17.8 Å². The van der Waals surface area contributed by atoms with E-state index < -0.39 is 0 Å². The van der Waals surface area contributed by atoms with Crippen molar-refractivity contribution in [2.45, 2.75) is 11.7 Å². The molecule has 1 aromatic carbocycles. The number of rotatable bonds is 5. The highest BCUT2D eigenvalue weighted by molar-refractivity contribution is 7.99. The lowest BCUT2D eigenvalue weighted by molar-refractivity contribution is -0.130. The fourth-order valence-corrected chi connectivity index (χ4v) is 4.00. The molecule has 7 nitrogen and oxygen atoms in total. The number of hydrogen-bond donors (Lipinski definition) is 0. The van der Waals surface area contributed by atoms with E-state index >= 15 is 0 Å². The summed E-state index contributed by atoms with van der Waals surface area (Å²) >= 11 is 1.49. The second-order valence-electron chi connectivity index (χ2n) is 6.45. The quantitative estimate of drug-likeness (QED) is 0.741. The van der Waals surface area contributed by atoms with Crippen molar-refractivity contribution in [1.82, 2.24) is 19.4 Å². The van der Waals surface area contributed by atoms with Gasteiger partial charge in [-0.05, 0) is 17.7 Å². The molecule has 4 rings (SSSR count). The normalized spacial score (nSPS) is 16.9. The highest BCUT2D eigenvalue weighted by Gasteiger charge is 2.22. The molecule has 138 valence electrons. The van der Waals surface area contributed by atoms with Gasteiger partial charge in [0.15, 0.2) is 16.7 Å². The molecule has 2 aliphatic rings. The van der Waals surface area contributed by atoms with Crippen LogP contribution in [0, 0.1) is 0 Å². The number of aromatic nitrogens is 2. The van der Waals surface area contributed by atoms with Crippen LogP contribution in [0.5, 0.6) is 11.5 Å². The van der Waals surface area contributed by atoms with Crippen molar-refractivity contribution in [1.29, 1.82) is 0 Å². The molecule has 0 unspecified atom stereocenters. The summed E-state index contributed by atoms with van der Waals surface area (Å²) in [6.07, 6.45) is 3.64. The van der Waals surface area contributed by atoms with Gasteiger partial charge in [0.25, 0.3) is 0 Å². The minimum Gasteiger partial charge on any atom is -0.454 e. The zero-order chi connectivity index (χ0) is 17.9. The fourth-order valence-electron chi connectivity index (χ4n) is 3.16. The van der Waals surface area contributed by atoms with E-state index in [-0.39, 0.29) is 5.91 Å². The molecule has 0 radical (unpaired) electrons. The number of hydrogen-bond acceptors (Lipinski definition) is 6. The molecule has 0 aliphatic carbocycles. The van der Waals surface area contributed by atoms with Crippen LogP contribution >= 0.6 is 11.8 Å². The molecule has 3 heterocycles. The predicted molar refractivity (Wildman–Crippen MR) is 98.4 cm³/mol. The smallest absolute Gasteiger partial charge is 0.233 e. The van der Waals surface area contributed by atoms with Gasteiger partial charge in [0.2, 0.25) is 12.7 Å². The van der Waals surface area contributed by atoms with Crippen LogP contribution in [0.2, 0.25) is 0 Å². The molecule has 1 amide bonds. The maximum atomic E-state index is 12.4. The molecule has 0 N–H and O–H groups in total. The average molecular weight is 374 g/mol. The number of fused-ring (bicyclic) bond motifs is 1. The Kier molecular flexibility index (Phi) is 5.03. The lowest BCUT2D eigenvalue weighted by Gasteiger charge is -2.34. The summed E-state index contributed by atoms with van der Waals surface area (Å²) in [5.41, 5.74) is 1.21. The molecule has 0 spiro atoms. The average Bonchev–Trinajstić information content (AvgIpc) is 3.28. The SMILES string of the molecule is Cn1ccnc1SCC(=O)N1CCN(Cc2ccc3c(c2)OCO3)CC1. The summed E-state index contributed by atoms with van der Waals surface area (Å²) in [7, 11) is 1.94. The molecule has 1 saturated heterocycles. The van der Waals surface area contributed by atoms with Crippen LogP contribution in [0.4, 0.5) is 0 Å². The Morgan fingerprint density at radius 1 is 1.19 bits per heavy atom. The van der Waals surface area contributed by atoms with Crippen LogP contribution < -0.4 is 9.47 Å². The van der Waals surface area contributed by atoms with E-state index in [1.165, 1.54) is 17.3 Å². The van der Waals surface area contributed by atoms with Crippen molar-refractivity contribution in [3.8, 4) is 11.5 Å². The van der Waals surface area contributed by atoms with Gasteiger partial charge in [0.1, 0.15) is 0 Å². The van der Waals surface area contributed by atoms with E-state index in [0.29, 0.717) is 12.5 Å². The molecular weight excluding hydrogens is 352 g/mol. The van der Waals surface area contributed by atoms with Gasteiger partial charge in [-0.15, -0.1) is 0 Å². The number of imidazole rings is 1. The van der Waals surface area contributed by atoms with Gasteiger partial charge in [0.05, 0.1) is 5.75 Å². The first-order valence-corrected chi connectivity index (χ1v) is 9.66. The van der Waals surface area contributed by atoms with E-state index in [9.17, 15) is 4.79 Å². The summed E-state index contributed by atoms with van der Waals surface area (Å²) in [5, 5.41) is 0.875. The Morgan fingerprint density at radius 3 is 2.77 bits per heavy atom. The zero-order valence-electron chi connectivity index (χ0n) is 14.8. The van der Waals surface area contributed by atoms with Crippen LogP contribution in [0.25, 0.3) is 0 Å². The third kappa shape index (κ3) is 3.81. The Morgan fingerprint density at radius 2 is 2.00 bits per heavy atom. The van der Waals surface area contributed by atoms with Gasteiger partial charge in [-0.2, -0.15) is 0 Å². The Balaban J connectivity index is 1.24. The van der Waals surface area contributed by atoms with Crippen molar-refractivity contribution >= 4 is 17.7 Å². The number of carbonyl (C=O) groups is 1. The van der Waals surface area contributed by atoms with E-state index in [2.05, 4.69) is 16.0 Å². The molecule has 0 saturated carbocycles. The Labute approximate surface area is 156 Å². The van der Waals surface area contributed by atoms with Crippen LogP contribution in [0.15, 0.2) is 35.7 Å². The molecule has 1 aromatic heterocycles. The predicted octanol–water partition coefficient (Wildman–Crippen LogP) is 1.59. The lowest BCUT2D eigenvalue weighted by atomic mass is 10.1. The molecule has 0 bridgehead atoms. The summed E-state index contributed by atoms with van der Waals surface area (Å²) in [5.74, 6) is 2.25. The highest BCUT2D eigenvalue weighted by Crippen LogP contribution is 2.32. The number of ether oxygens (including phenoxy) is 2. The third-order valence-electron chi connectivity index (χ3n) is 4.67. The van der Waals surface area contributed by atoms with E-state index in [4.69, 9.17) is 9.47 Å². The second-order valence-corrected chi connectivity index (χ2v) is 7.40. The van der Waals surface area contributed by atoms with Gasteiger partial charge < -0.3 is 18.9 Å². The molecule has 1 fully saturated rings. The number of aryl methyl sites for hydroxylation is 1. The third-order valence-corrected chi connectivity index (χ3v) is 5.71. The maximum absolute atomic E-state index is 12.4. The van der Waals surface area contributed by atoms with Crippen molar-refractivity contribution in [3.05, 3.63) is 36.2 Å². The number of carbonyl (C=O) groups excluding carboxylic acids is 1. The van der Waals surface area contributed by atoms with Crippen LogP contribution in [0.3, 0.4) is 0 Å². The van der Waals surface area contributed by atoms with Crippen molar-refractivity contribution in [2.75, 3.05) is 38.7 Å². The molecule has 2 aromatic rings. The summed E-state index contributed by atoms with van der Waals surface area (Å²) in [6, 6.07) is 6.09. The van der Waals surface area contributed by atoms with Crippen LogP contribution in [0.1, 0.15) is 5.56 Å². The molecule has 8 heteroatoms. The van der Waals surface area contributed by atoms with E-state index in [1.807, 2.05) is 34.8 Å². The topological polar surface area (TPSA) is 59.8 Å². The van der Waals surface area contributed by atoms with Crippen molar-refractivity contribution in [3.63, 3.8) is 0 Å². The Hall–Kier alpha value is -2.19. The standard InChI is InChI=1S/C18H22N4O3S/c1-20-5-4-19-18(20)26-12-17(23)22-8-6-21(7-9-22)11-14-2-3-15-16(10-14)25-13-24-15/h2-5,10H,6-9,11-13H2,1H3. The van der Waals surface area contributed by atoms with Gasteiger partial charge in [-0.3, -0.25) is 9.69 Å². The second kappa shape index (κ2) is 7.59. The molecular formula is C18H22N4O3S.